The summed E-state index contributed by atoms with van der Waals surface area (Å²) < 4.78 is 14.9. The maximum absolute atomic E-state index is 6.33. The second-order valence-corrected chi connectivity index (χ2v) is 8.39. The predicted octanol–water partition coefficient (Wildman–Crippen LogP) is 3.66. The van der Waals surface area contributed by atoms with Crippen LogP contribution in [0, 0.1) is 5.41 Å². The number of nitrogens with one attached hydrogen (secondary N) is 1. The van der Waals surface area contributed by atoms with E-state index >= 15 is 0 Å². The molecule has 1 spiro atoms. The van der Waals surface area contributed by atoms with Crippen LogP contribution in [0.15, 0.2) is 29.4 Å². The molecule has 24 heavy (non-hydrogen) atoms. The van der Waals surface area contributed by atoms with E-state index in [2.05, 4.69) is 27.7 Å². The molecule has 3 heterocycles. The molecule has 128 valence electrons. The highest BCUT2D eigenvalue weighted by atomic mass is 35.5. The van der Waals surface area contributed by atoms with Crippen molar-refractivity contribution in [3.63, 3.8) is 0 Å². The number of aliphatic imine (C=N–C) groups is 1. The third kappa shape index (κ3) is 1.92. The van der Waals surface area contributed by atoms with Gasteiger partial charge < -0.3 is 19.4 Å². The third-order valence-corrected chi connectivity index (χ3v) is 6.21. The number of ether oxygens (including phenoxy) is 2. The summed E-state index contributed by atoms with van der Waals surface area (Å²) in [5.74, 6) is 0.514. The summed E-state index contributed by atoms with van der Waals surface area (Å²) in [5.41, 5.74) is 2.46. The Morgan fingerprint density at radius 1 is 1.38 bits per heavy atom. The van der Waals surface area contributed by atoms with Crippen molar-refractivity contribution in [3.05, 3.63) is 30.0 Å². The fourth-order valence-electron chi connectivity index (χ4n) is 5.08. The summed E-state index contributed by atoms with van der Waals surface area (Å²) >= 11 is 6.27. The summed E-state index contributed by atoms with van der Waals surface area (Å²) in [7, 11) is 0. The number of allylic oxidation sites excluding steroid dienone is 1. The van der Waals surface area contributed by atoms with Gasteiger partial charge in [-0.3, -0.25) is 4.99 Å². The zero-order valence-electron chi connectivity index (χ0n) is 14.0. The van der Waals surface area contributed by atoms with E-state index in [4.69, 9.17) is 21.1 Å². The van der Waals surface area contributed by atoms with Crippen molar-refractivity contribution in [3.8, 4) is 0 Å². The summed E-state index contributed by atoms with van der Waals surface area (Å²) in [6.07, 6.45) is 5.43. The van der Waals surface area contributed by atoms with E-state index in [1.165, 1.54) is 5.57 Å². The minimum absolute atomic E-state index is 0.0593. The number of hydrogen-bond acceptors (Lipinski definition) is 4. The smallest absolute Gasteiger partial charge is 0.163 e. The molecule has 5 nitrogen and oxygen atoms in total. The second kappa shape index (κ2) is 4.65. The van der Waals surface area contributed by atoms with Gasteiger partial charge in [-0.25, -0.2) is 0 Å². The zero-order valence-corrected chi connectivity index (χ0v) is 14.8. The van der Waals surface area contributed by atoms with Crippen molar-refractivity contribution in [2.75, 3.05) is 12.0 Å². The lowest BCUT2D eigenvalue weighted by Crippen LogP contribution is -2.42. The van der Waals surface area contributed by atoms with E-state index in [-0.39, 0.29) is 23.7 Å². The topological polar surface area (TPSA) is 47.8 Å². The molecular weight excluding hydrogens is 326 g/mol. The quantitative estimate of drug-likeness (QED) is 0.789. The normalized spacial score (nSPS) is 35.2. The Kier molecular flexibility index (Phi) is 2.91. The van der Waals surface area contributed by atoms with E-state index in [1.807, 2.05) is 19.9 Å². The van der Waals surface area contributed by atoms with E-state index in [0.717, 1.165) is 30.6 Å². The highest BCUT2D eigenvalue weighted by Crippen LogP contribution is 2.63. The number of halogens is 1. The third-order valence-electron chi connectivity index (χ3n) is 5.89. The molecule has 1 aromatic heterocycles. The van der Waals surface area contributed by atoms with E-state index in [9.17, 15) is 0 Å². The standard InChI is InChI=1S/C18H22ClN3O2/c1-10-6-18(7-10)8-12(13-14(18)24-17(2,3)23-13)22-5-4-11-15(19)20-9-21-16(11)22/h4-5,12-14,21H,1,6-9H2,2-3H3/t12-,13+,14+/m1/s1. The fourth-order valence-corrected chi connectivity index (χ4v) is 5.30. The van der Waals surface area contributed by atoms with Crippen LogP contribution < -0.4 is 5.32 Å². The number of anilines is 1. The van der Waals surface area contributed by atoms with Crippen molar-refractivity contribution < 1.29 is 9.47 Å². The number of fused-ring (bicyclic) bond motifs is 3. The maximum Gasteiger partial charge on any atom is 0.163 e. The average Bonchev–Trinajstić information content (AvgIpc) is 3.11. The molecule has 0 amide bonds. The van der Waals surface area contributed by atoms with E-state index in [1.54, 1.807) is 0 Å². The predicted molar refractivity (Wildman–Crippen MR) is 93.6 cm³/mol. The molecule has 0 unspecified atom stereocenters. The summed E-state index contributed by atoms with van der Waals surface area (Å²) in [6.45, 7) is 8.69. The minimum atomic E-state index is -0.530. The molecule has 3 atom stereocenters. The van der Waals surface area contributed by atoms with Crippen LogP contribution in [-0.2, 0) is 9.47 Å². The molecule has 0 aromatic carbocycles. The molecule has 0 radical (unpaired) electrons. The maximum atomic E-state index is 6.33. The van der Waals surface area contributed by atoms with Gasteiger partial charge in [-0.15, -0.1) is 0 Å². The number of rotatable bonds is 1. The summed E-state index contributed by atoms with van der Waals surface area (Å²) in [6, 6.07) is 2.28. The van der Waals surface area contributed by atoms with Crippen molar-refractivity contribution in [1.82, 2.24) is 4.57 Å². The molecule has 2 aliphatic carbocycles. The first-order valence-corrected chi connectivity index (χ1v) is 8.94. The van der Waals surface area contributed by atoms with Gasteiger partial charge in [0.25, 0.3) is 0 Å². The van der Waals surface area contributed by atoms with Gasteiger partial charge in [0.2, 0.25) is 0 Å². The van der Waals surface area contributed by atoms with Crippen LogP contribution >= 0.6 is 11.6 Å². The Morgan fingerprint density at radius 2 is 2.17 bits per heavy atom. The van der Waals surface area contributed by atoms with E-state index in [0.29, 0.717) is 11.8 Å². The molecule has 0 bridgehead atoms. The molecule has 6 heteroatoms. The van der Waals surface area contributed by atoms with Crippen LogP contribution in [0.4, 0.5) is 5.82 Å². The van der Waals surface area contributed by atoms with Gasteiger partial charge in [-0.1, -0.05) is 23.8 Å². The van der Waals surface area contributed by atoms with Gasteiger partial charge in [-0.2, -0.15) is 0 Å². The molecule has 3 fully saturated rings. The number of hydrogen-bond donors (Lipinski definition) is 1. The molecule has 1 N–H and O–H groups in total. The second-order valence-electron chi connectivity index (χ2n) is 8.03. The van der Waals surface area contributed by atoms with Crippen LogP contribution in [0.2, 0.25) is 0 Å². The highest BCUT2D eigenvalue weighted by Gasteiger charge is 2.64. The lowest BCUT2D eigenvalue weighted by Gasteiger charge is -2.44. The van der Waals surface area contributed by atoms with Crippen LogP contribution in [0.25, 0.3) is 0 Å². The molecule has 1 saturated heterocycles. The van der Waals surface area contributed by atoms with Gasteiger partial charge in [0.15, 0.2) is 5.79 Å². The van der Waals surface area contributed by atoms with Gasteiger partial charge >= 0.3 is 0 Å². The van der Waals surface area contributed by atoms with Crippen LogP contribution in [0.5, 0.6) is 0 Å². The Balaban J connectivity index is 1.55. The van der Waals surface area contributed by atoms with Gasteiger partial charge in [0.1, 0.15) is 23.8 Å². The van der Waals surface area contributed by atoms with Crippen molar-refractivity contribution >= 4 is 22.6 Å². The molecule has 4 aliphatic rings. The van der Waals surface area contributed by atoms with Gasteiger partial charge in [0, 0.05) is 11.6 Å². The van der Waals surface area contributed by atoms with Gasteiger partial charge in [-0.05, 0) is 39.2 Å². The average molecular weight is 348 g/mol. The van der Waals surface area contributed by atoms with Crippen molar-refractivity contribution in [2.45, 2.75) is 57.1 Å². The lowest BCUT2D eigenvalue weighted by molar-refractivity contribution is -0.172. The molecule has 2 saturated carbocycles. The highest BCUT2D eigenvalue weighted by molar-refractivity contribution is 6.70. The molecule has 1 aromatic rings. The molecule has 5 rings (SSSR count). The number of nitrogens with zero attached hydrogens (tertiary/aromatic N) is 2. The van der Waals surface area contributed by atoms with Crippen LogP contribution in [0.3, 0.4) is 0 Å². The monoisotopic (exact) mass is 347 g/mol. The lowest BCUT2D eigenvalue weighted by atomic mass is 9.63. The summed E-state index contributed by atoms with van der Waals surface area (Å²) in [4.78, 5) is 4.26. The number of aromatic nitrogens is 1. The first-order chi connectivity index (χ1) is 11.4. The van der Waals surface area contributed by atoms with Crippen molar-refractivity contribution in [2.24, 2.45) is 10.4 Å². The summed E-state index contributed by atoms with van der Waals surface area (Å²) in [5, 5.41) is 3.94. The Bertz CT molecular complexity index is 758. The SMILES string of the molecule is C=C1CC2(C1)C[C@@H](n1ccc3c1NCN=C3Cl)[C@@H]1OC(C)(C)O[C@@H]12. The van der Waals surface area contributed by atoms with Crippen molar-refractivity contribution in [1.29, 1.82) is 0 Å². The molecular formula is C18H22ClN3O2. The first kappa shape index (κ1) is 15.0. The first-order valence-electron chi connectivity index (χ1n) is 8.56. The Hall–Kier alpha value is -1.30. The molecule has 2 aliphatic heterocycles. The van der Waals surface area contributed by atoms with Crippen LogP contribution in [0.1, 0.15) is 44.7 Å². The Labute approximate surface area is 146 Å². The zero-order chi connectivity index (χ0) is 16.7. The van der Waals surface area contributed by atoms with E-state index < -0.39 is 5.79 Å². The largest absolute Gasteiger partial charge is 0.352 e. The van der Waals surface area contributed by atoms with Gasteiger partial charge in [0.05, 0.1) is 17.7 Å². The fraction of sp³-hybridized carbons (Fsp3) is 0.611. The van der Waals surface area contributed by atoms with Crippen LogP contribution in [-0.4, -0.2) is 34.4 Å². The minimum Gasteiger partial charge on any atom is -0.352 e. The Morgan fingerprint density at radius 3 is 2.92 bits per heavy atom.